The number of nitrogens with zero attached hydrogens (tertiary/aromatic N) is 1. The fraction of sp³-hybridized carbons (Fsp3) is 0.385. The Morgan fingerprint density at radius 1 is 1.18 bits per heavy atom. The van der Waals surface area contributed by atoms with Crippen LogP contribution in [0.1, 0.15) is 24.0 Å². The van der Waals surface area contributed by atoms with E-state index in [1.165, 1.54) is 0 Å². The van der Waals surface area contributed by atoms with Gasteiger partial charge in [-0.1, -0.05) is 6.92 Å². The topological polar surface area (TPSA) is 55.5 Å². The van der Waals surface area contributed by atoms with E-state index in [0.29, 0.717) is 6.54 Å². The number of hydrogen-bond donors (Lipinski definition) is 1. The molecule has 2 rings (SSSR count). The Hall–Kier alpha value is -1.52. The highest BCUT2D eigenvalue weighted by Gasteiger charge is 2.11. The van der Waals surface area contributed by atoms with Gasteiger partial charge in [0.25, 0.3) is 0 Å². The molecule has 4 nitrogen and oxygen atoms in total. The summed E-state index contributed by atoms with van der Waals surface area (Å²) in [5, 5.41) is 0. The first-order chi connectivity index (χ1) is 8.33. The molecule has 2 aromatic heterocycles. The maximum absolute atomic E-state index is 5.65. The van der Waals surface area contributed by atoms with Gasteiger partial charge >= 0.3 is 0 Å². The Bertz CT molecular complexity index is 434. The van der Waals surface area contributed by atoms with Gasteiger partial charge in [0, 0.05) is 12.1 Å². The second-order valence-corrected chi connectivity index (χ2v) is 3.96. The third-order valence-corrected chi connectivity index (χ3v) is 2.83. The first-order valence-electron chi connectivity index (χ1n) is 5.83. The second-order valence-electron chi connectivity index (χ2n) is 3.96. The van der Waals surface area contributed by atoms with Gasteiger partial charge in [-0.15, -0.1) is 0 Å². The molecule has 0 amide bonds. The van der Waals surface area contributed by atoms with Crippen LogP contribution >= 0.6 is 0 Å². The molecule has 0 atom stereocenters. The van der Waals surface area contributed by atoms with Gasteiger partial charge in [-0.25, -0.2) is 0 Å². The van der Waals surface area contributed by atoms with E-state index in [1.807, 2.05) is 18.2 Å². The van der Waals surface area contributed by atoms with Gasteiger partial charge in [-0.05, 0) is 24.7 Å². The van der Waals surface area contributed by atoms with E-state index in [2.05, 4.69) is 11.8 Å². The minimum absolute atomic E-state index is 0.518. The van der Waals surface area contributed by atoms with Crippen LogP contribution in [-0.4, -0.2) is 11.4 Å². The SMILES string of the molecule is CCN(Cc1ccco1)Cc1occc1CN. The van der Waals surface area contributed by atoms with Crippen LogP contribution in [0, 0.1) is 0 Å². The molecule has 0 aromatic carbocycles. The summed E-state index contributed by atoms with van der Waals surface area (Å²) in [5.41, 5.74) is 6.72. The van der Waals surface area contributed by atoms with Gasteiger partial charge in [0.1, 0.15) is 11.5 Å². The molecule has 2 aromatic rings. The molecule has 92 valence electrons. The zero-order chi connectivity index (χ0) is 12.1. The normalized spacial score (nSPS) is 11.2. The van der Waals surface area contributed by atoms with E-state index in [1.54, 1.807) is 12.5 Å². The molecule has 0 unspecified atom stereocenters. The van der Waals surface area contributed by atoms with Gasteiger partial charge in [0.05, 0.1) is 25.6 Å². The highest BCUT2D eigenvalue weighted by atomic mass is 16.3. The first kappa shape index (κ1) is 12.0. The van der Waals surface area contributed by atoms with Gasteiger partial charge in [0.2, 0.25) is 0 Å². The second kappa shape index (κ2) is 5.70. The van der Waals surface area contributed by atoms with E-state index >= 15 is 0 Å². The monoisotopic (exact) mass is 234 g/mol. The minimum atomic E-state index is 0.518. The number of hydrogen-bond acceptors (Lipinski definition) is 4. The Labute approximate surface area is 101 Å². The highest BCUT2D eigenvalue weighted by Crippen LogP contribution is 2.14. The summed E-state index contributed by atoms with van der Waals surface area (Å²) in [5.74, 6) is 1.91. The van der Waals surface area contributed by atoms with Crippen LogP contribution in [0.5, 0.6) is 0 Å². The van der Waals surface area contributed by atoms with Gasteiger partial charge < -0.3 is 14.6 Å². The zero-order valence-corrected chi connectivity index (χ0v) is 10.1. The van der Waals surface area contributed by atoms with Crippen LogP contribution in [0.25, 0.3) is 0 Å². The minimum Gasteiger partial charge on any atom is -0.468 e. The summed E-state index contributed by atoms with van der Waals surface area (Å²) >= 11 is 0. The van der Waals surface area contributed by atoms with Crippen molar-refractivity contribution in [2.24, 2.45) is 5.73 Å². The molecule has 0 saturated heterocycles. The predicted molar refractivity (Wildman–Crippen MR) is 65.1 cm³/mol. The van der Waals surface area contributed by atoms with Crippen LogP contribution in [0.4, 0.5) is 0 Å². The first-order valence-corrected chi connectivity index (χ1v) is 5.83. The predicted octanol–water partition coefficient (Wildman–Crippen LogP) is 2.35. The Morgan fingerprint density at radius 2 is 2.06 bits per heavy atom. The molecule has 0 spiro atoms. The lowest BCUT2D eigenvalue weighted by molar-refractivity contribution is 0.227. The average Bonchev–Trinajstić information content (AvgIpc) is 2.99. The molecular formula is C13H18N2O2. The lowest BCUT2D eigenvalue weighted by Gasteiger charge is -2.18. The van der Waals surface area contributed by atoms with Gasteiger partial charge in [0.15, 0.2) is 0 Å². The summed E-state index contributed by atoms with van der Waals surface area (Å²) in [6.45, 7) is 5.12. The third kappa shape index (κ3) is 2.99. The molecule has 0 bridgehead atoms. The van der Waals surface area contributed by atoms with Crippen molar-refractivity contribution in [1.82, 2.24) is 4.90 Å². The lowest BCUT2D eigenvalue weighted by atomic mass is 10.2. The van der Waals surface area contributed by atoms with Crippen molar-refractivity contribution in [3.8, 4) is 0 Å². The Morgan fingerprint density at radius 3 is 2.71 bits per heavy atom. The fourth-order valence-corrected chi connectivity index (χ4v) is 1.79. The Balaban J connectivity index is 2.00. The number of nitrogens with two attached hydrogens (primary N) is 1. The number of rotatable bonds is 6. The standard InChI is InChI=1S/C13H18N2O2/c1-2-15(9-12-4-3-6-16-12)10-13-11(8-14)5-7-17-13/h3-7H,2,8-10,14H2,1H3. The smallest absolute Gasteiger partial charge is 0.122 e. The van der Waals surface area contributed by atoms with Crippen LogP contribution in [0.2, 0.25) is 0 Å². The molecular weight excluding hydrogens is 216 g/mol. The average molecular weight is 234 g/mol. The molecule has 17 heavy (non-hydrogen) atoms. The summed E-state index contributed by atoms with van der Waals surface area (Å²) in [4.78, 5) is 2.25. The van der Waals surface area contributed by atoms with Crippen molar-refractivity contribution in [2.75, 3.05) is 6.54 Å². The van der Waals surface area contributed by atoms with Crippen molar-refractivity contribution < 1.29 is 8.83 Å². The molecule has 0 aliphatic carbocycles. The molecule has 0 fully saturated rings. The van der Waals surface area contributed by atoms with Gasteiger partial charge in [-0.2, -0.15) is 0 Å². The molecule has 0 saturated carbocycles. The van der Waals surface area contributed by atoms with Crippen molar-refractivity contribution in [1.29, 1.82) is 0 Å². The maximum atomic E-state index is 5.65. The largest absolute Gasteiger partial charge is 0.468 e. The third-order valence-electron chi connectivity index (χ3n) is 2.83. The summed E-state index contributed by atoms with van der Waals surface area (Å²) in [6.07, 6.45) is 3.39. The number of furan rings is 2. The molecule has 2 heterocycles. The molecule has 4 heteroatoms. The van der Waals surface area contributed by atoms with E-state index in [0.717, 1.165) is 36.7 Å². The molecule has 0 aliphatic heterocycles. The van der Waals surface area contributed by atoms with E-state index in [4.69, 9.17) is 14.6 Å². The molecule has 2 N–H and O–H groups in total. The van der Waals surface area contributed by atoms with E-state index in [-0.39, 0.29) is 0 Å². The van der Waals surface area contributed by atoms with Crippen LogP contribution in [0.15, 0.2) is 39.6 Å². The van der Waals surface area contributed by atoms with Crippen molar-refractivity contribution in [3.05, 3.63) is 47.8 Å². The molecule has 0 radical (unpaired) electrons. The fourth-order valence-electron chi connectivity index (χ4n) is 1.79. The van der Waals surface area contributed by atoms with E-state index in [9.17, 15) is 0 Å². The summed E-state index contributed by atoms with van der Waals surface area (Å²) < 4.78 is 10.8. The van der Waals surface area contributed by atoms with Crippen molar-refractivity contribution >= 4 is 0 Å². The Kier molecular flexibility index (Phi) is 4.01. The zero-order valence-electron chi connectivity index (χ0n) is 10.1. The quantitative estimate of drug-likeness (QED) is 0.833. The van der Waals surface area contributed by atoms with Crippen molar-refractivity contribution in [2.45, 2.75) is 26.6 Å². The lowest BCUT2D eigenvalue weighted by Crippen LogP contribution is -2.22. The summed E-state index contributed by atoms with van der Waals surface area (Å²) in [7, 11) is 0. The van der Waals surface area contributed by atoms with Crippen molar-refractivity contribution in [3.63, 3.8) is 0 Å². The highest BCUT2D eigenvalue weighted by molar-refractivity contribution is 5.16. The van der Waals surface area contributed by atoms with Gasteiger partial charge in [-0.3, -0.25) is 4.90 Å². The van der Waals surface area contributed by atoms with E-state index < -0.39 is 0 Å². The maximum Gasteiger partial charge on any atom is 0.122 e. The van der Waals surface area contributed by atoms with Crippen LogP contribution < -0.4 is 5.73 Å². The van der Waals surface area contributed by atoms with Crippen LogP contribution in [-0.2, 0) is 19.6 Å². The molecule has 0 aliphatic rings. The van der Waals surface area contributed by atoms with Crippen LogP contribution in [0.3, 0.4) is 0 Å². The summed E-state index contributed by atoms with van der Waals surface area (Å²) in [6, 6.07) is 5.81.